The van der Waals surface area contributed by atoms with Crippen LogP contribution in [-0.2, 0) is 52.5 Å². The largest absolute Gasteiger partial charge is 0.467 e. The maximum absolute atomic E-state index is 14.1. The summed E-state index contributed by atoms with van der Waals surface area (Å²) in [6.07, 6.45) is 7.00. The van der Waals surface area contributed by atoms with Crippen LogP contribution in [0.5, 0.6) is 0 Å². The summed E-state index contributed by atoms with van der Waals surface area (Å²) in [5.74, 6) is -4.96. The molecule has 4 aliphatic carbocycles. The number of rotatable bonds is 17. The molecule has 4 saturated carbocycles. The highest BCUT2D eigenvalue weighted by molar-refractivity contribution is 5.98. The van der Waals surface area contributed by atoms with Gasteiger partial charge in [0.2, 0.25) is 23.6 Å². The first-order valence-electron chi connectivity index (χ1n) is 26.9. The first-order chi connectivity index (χ1) is 37.1. The van der Waals surface area contributed by atoms with Gasteiger partial charge in [-0.2, -0.15) is 0 Å². The number of hydrogen-bond donors (Lipinski definition) is 5. The number of methoxy groups -OCH3 is 2. The lowest BCUT2D eigenvalue weighted by atomic mass is 9.85. The molecule has 0 spiro atoms. The predicted molar refractivity (Wildman–Crippen MR) is 295 cm³/mol. The maximum Gasteiger partial charge on any atom is 0.408 e. The fourth-order valence-corrected chi connectivity index (χ4v) is 10.8. The molecule has 1 aromatic rings. The monoisotopic (exact) mass is 1140 g/mol. The normalized spacial score (nSPS) is 26.4. The van der Waals surface area contributed by atoms with E-state index >= 15 is 0 Å². The molecule has 450 valence electrons. The maximum atomic E-state index is 14.1. The van der Waals surface area contributed by atoms with Crippen LogP contribution in [0, 0.1) is 32.8 Å². The minimum Gasteiger partial charge on any atom is -0.467 e. The lowest BCUT2D eigenvalue weighted by Gasteiger charge is -2.35. The molecule has 0 aromatic heterocycles. The number of nitrogens with one attached hydrogen (secondary N) is 4. The zero-order valence-electron chi connectivity index (χ0n) is 46.4. The van der Waals surface area contributed by atoms with Gasteiger partial charge in [-0.25, -0.2) is 24.0 Å². The first kappa shape index (κ1) is 66.4. The number of esters is 3. The number of nitro benzene ring substituents is 1. The average molecular weight is 1140 g/mol. The smallest absolute Gasteiger partial charge is 0.408 e. The third kappa shape index (κ3) is 15.7. The number of aliphatic hydroxyl groups is 1. The molecule has 10 atom stereocenters. The minimum atomic E-state index is -1.33. The number of benzene rings is 1. The Balaban J connectivity index is 0.000000353. The van der Waals surface area contributed by atoms with E-state index < -0.39 is 117 Å². The van der Waals surface area contributed by atoms with Crippen molar-refractivity contribution in [2.24, 2.45) is 22.7 Å². The standard InChI is InChI=1S/C31H40N4O10.C24H37N3O7.2CH4/c1-6-19-16-31(19,28(39)43-5)33-25(36)23-15-22(44-27(38)18-11-13-20(14-12-18)35(41)42)17-34(23)26(37)24(30(2,3)4)32-29(40)45-21-9-7-8-10-21;1-6-14-12-24(14,21(31)33-5)26-19(29)17-11-15(28)13-27(17)20(30)18(23(2,3)4)25-22(32)34-16-9-7-8-10-16;;/h6,11-14,19,21-24H,1,7-10,15-17H2,2-5H3,(H,32,40)(H,33,36);6,14-18,28H,1,7-13H2,2-5H3,(H,25,32)(H,26,29);2*1H4/t19-,22+,23+,24-,31-;14-,15-,17+,18-,24-;;/m11../s1. The molecule has 2 heterocycles. The molecule has 0 bridgehead atoms. The van der Waals surface area contributed by atoms with E-state index in [0.717, 1.165) is 51.4 Å². The van der Waals surface area contributed by atoms with Gasteiger partial charge in [0, 0.05) is 43.4 Å². The van der Waals surface area contributed by atoms with Crippen LogP contribution >= 0.6 is 0 Å². The van der Waals surface area contributed by atoms with E-state index in [1.54, 1.807) is 53.7 Å². The highest BCUT2D eigenvalue weighted by atomic mass is 16.6. The average Bonchev–Trinajstić information content (AvgIpc) is 3.68. The Morgan fingerprint density at radius 2 is 1.05 bits per heavy atom. The van der Waals surface area contributed by atoms with Crippen molar-refractivity contribution in [2.45, 2.75) is 193 Å². The minimum absolute atomic E-state index is 0. The molecule has 0 unspecified atom stereocenters. The van der Waals surface area contributed by atoms with E-state index in [9.17, 15) is 58.4 Å². The number of aliphatic hydroxyl groups excluding tert-OH is 1. The van der Waals surface area contributed by atoms with Gasteiger partial charge in [-0.05, 0) is 87.2 Å². The lowest BCUT2D eigenvalue weighted by molar-refractivity contribution is -0.384. The number of nitrogens with zero attached hydrogens (tertiary/aromatic N) is 3. The van der Waals surface area contributed by atoms with Crippen molar-refractivity contribution in [3.05, 3.63) is 65.3 Å². The second-order valence-corrected chi connectivity index (χ2v) is 23.5. The van der Waals surface area contributed by atoms with Gasteiger partial charge in [0.25, 0.3) is 5.69 Å². The summed E-state index contributed by atoms with van der Waals surface area (Å²) in [7, 11) is 2.45. The Morgan fingerprint density at radius 1 is 0.654 bits per heavy atom. The number of nitro groups is 1. The van der Waals surface area contributed by atoms with Crippen molar-refractivity contribution in [1.82, 2.24) is 31.1 Å². The summed E-state index contributed by atoms with van der Waals surface area (Å²) >= 11 is 0. The van der Waals surface area contributed by atoms with E-state index in [0.29, 0.717) is 6.42 Å². The van der Waals surface area contributed by atoms with E-state index in [2.05, 4.69) is 34.4 Å². The van der Waals surface area contributed by atoms with Gasteiger partial charge in [-0.1, -0.05) is 68.5 Å². The topological polar surface area (TPSA) is 318 Å². The zero-order chi connectivity index (χ0) is 58.4. The van der Waals surface area contributed by atoms with Crippen LogP contribution in [0.1, 0.15) is 144 Å². The van der Waals surface area contributed by atoms with E-state index in [4.69, 9.17) is 23.7 Å². The predicted octanol–water partition coefficient (Wildman–Crippen LogP) is 5.58. The summed E-state index contributed by atoms with van der Waals surface area (Å²) in [6.45, 7) is 17.9. The Bertz CT molecular complexity index is 2520. The van der Waals surface area contributed by atoms with Crippen LogP contribution in [0.2, 0.25) is 0 Å². The van der Waals surface area contributed by atoms with Crippen LogP contribution in [-0.4, -0.2) is 161 Å². The number of amides is 6. The highest BCUT2D eigenvalue weighted by Gasteiger charge is 2.63. The second-order valence-electron chi connectivity index (χ2n) is 23.5. The molecule has 0 radical (unpaired) electrons. The van der Waals surface area contributed by atoms with Crippen molar-refractivity contribution in [3.8, 4) is 0 Å². The molecule has 81 heavy (non-hydrogen) atoms. The fraction of sp³-hybridized carbons (Fsp3) is 0.667. The molecule has 1 aromatic carbocycles. The zero-order valence-corrected chi connectivity index (χ0v) is 46.4. The van der Waals surface area contributed by atoms with Crippen molar-refractivity contribution < 1.29 is 76.9 Å². The number of β-amino-alcohol motifs (C(OH)–C–C–N with tert-alkyl or cyclic N) is 1. The summed E-state index contributed by atoms with van der Waals surface area (Å²) in [4.78, 5) is 131. The second kappa shape index (κ2) is 27.1. The van der Waals surface area contributed by atoms with Gasteiger partial charge in [-0.15, -0.1) is 13.2 Å². The molecule has 24 nitrogen and oxygen atoms in total. The van der Waals surface area contributed by atoms with Crippen LogP contribution in [0.25, 0.3) is 0 Å². The molecule has 6 fully saturated rings. The lowest BCUT2D eigenvalue weighted by Crippen LogP contribution is -2.59. The summed E-state index contributed by atoms with van der Waals surface area (Å²) < 4.78 is 26.4. The third-order valence-corrected chi connectivity index (χ3v) is 15.6. The summed E-state index contributed by atoms with van der Waals surface area (Å²) in [5.41, 5.74) is -4.18. The van der Waals surface area contributed by atoms with Gasteiger partial charge in [-0.3, -0.25) is 29.3 Å². The molecule has 6 amide bonds. The number of non-ortho nitro benzene ring substituents is 1. The van der Waals surface area contributed by atoms with Gasteiger partial charge < -0.3 is 59.9 Å². The van der Waals surface area contributed by atoms with E-state index in [-0.39, 0.29) is 82.5 Å². The van der Waals surface area contributed by atoms with Crippen LogP contribution in [0.15, 0.2) is 49.6 Å². The van der Waals surface area contributed by atoms with Crippen molar-refractivity contribution in [1.29, 1.82) is 0 Å². The third-order valence-electron chi connectivity index (χ3n) is 15.6. The fourth-order valence-electron chi connectivity index (χ4n) is 10.8. The highest BCUT2D eigenvalue weighted by Crippen LogP contribution is 2.47. The SMILES string of the molecule is C.C.C=C[C@@H]1C[C@]1(NC(=O)[C@@H]1C[C@@H](O)CN1C(=O)[C@@H](NC(=O)OC1CCCC1)C(C)(C)C)C(=O)OC.C=C[C@@H]1C[C@]1(NC(=O)[C@@H]1C[C@H](OC(=O)c2ccc([N+](=O)[O-])cc2)CN1C(=O)[C@@H](NC(=O)OC1CCCC1)C(C)(C)C)C(=O)OC. The Kier molecular flexibility index (Phi) is 22.2. The van der Waals surface area contributed by atoms with Crippen LogP contribution < -0.4 is 21.3 Å². The molecule has 2 saturated heterocycles. The summed E-state index contributed by atoms with van der Waals surface area (Å²) in [6, 6.07) is 0.589. The molecular weight excluding hydrogens is 1050 g/mol. The number of alkyl carbamates (subject to hydrolysis) is 2. The molecule has 2 aliphatic heterocycles. The van der Waals surface area contributed by atoms with Crippen LogP contribution in [0.4, 0.5) is 15.3 Å². The van der Waals surface area contributed by atoms with Gasteiger partial charge in [0.05, 0.1) is 37.4 Å². The molecule has 5 N–H and O–H groups in total. The first-order valence-corrected chi connectivity index (χ1v) is 26.9. The Labute approximate surface area is 474 Å². The molecule has 24 heteroatoms. The Morgan fingerprint density at radius 3 is 1.41 bits per heavy atom. The summed E-state index contributed by atoms with van der Waals surface area (Å²) in [5, 5.41) is 32.1. The van der Waals surface area contributed by atoms with E-state index in [1.807, 2.05) is 0 Å². The number of carbonyl (C=O) groups excluding carboxylic acids is 9. The van der Waals surface area contributed by atoms with Gasteiger partial charge >= 0.3 is 30.1 Å². The molecular formula is C57H85N7O17. The molecule has 6 aliphatic rings. The molecule has 7 rings (SSSR count). The van der Waals surface area contributed by atoms with Crippen molar-refractivity contribution in [2.75, 3.05) is 27.3 Å². The number of hydrogen-bond acceptors (Lipinski definition) is 17. The Hall–Kier alpha value is -7.11. The number of ether oxygens (including phenoxy) is 5. The number of likely N-dealkylation sites (tertiary alicyclic amines) is 2. The quantitative estimate of drug-likeness (QED) is 0.0418. The van der Waals surface area contributed by atoms with Crippen LogP contribution in [0.3, 0.4) is 0 Å². The van der Waals surface area contributed by atoms with Crippen molar-refractivity contribution >= 4 is 59.4 Å². The van der Waals surface area contributed by atoms with Gasteiger partial charge in [0.15, 0.2) is 0 Å². The van der Waals surface area contributed by atoms with Crippen molar-refractivity contribution in [3.63, 3.8) is 0 Å². The van der Waals surface area contributed by atoms with E-state index in [1.165, 1.54) is 48.3 Å². The number of carbonyl (C=O) groups is 9. The van der Waals surface area contributed by atoms with Gasteiger partial charge in [0.1, 0.15) is 53.6 Å².